The van der Waals surface area contributed by atoms with Crippen molar-refractivity contribution in [1.82, 2.24) is 4.98 Å². The number of aliphatic hydroxyl groups excluding tert-OH is 1. The number of halogens is 1. The van der Waals surface area contributed by atoms with Gasteiger partial charge in [-0.05, 0) is 50.7 Å². The molecule has 1 heterocycles. The average molecular weight is 350 g/mol. The number of rotatable bonds is 5. The van der Waals surface area contributed by atoms with E-state index in [1.807, 2.05) is 12.4 Å². The first-order valence-corrected chi connectivity index (χ1v) is 8.67. The van der Waals surface area contributed by atoms with Crippen molar-refractivity contribution in [3.05, 3.63) is 36.2 Å². The molecule has 1 aromatic carbocycles. The Morgan fingerprint density at radius 3 is 2.67 bits per heavy atom. The number of aromatic nitrogens is 1. The summed E-state index contributed by atoms with van der Waals surface area (Å²) in [5.41, 5.74) is 8.57. The predicted octanol–water partition coefficient (Wildman–Crippen LogP) is 3.42. The van der Waals surface area contributed by atoms with Crippen LogP contribution in [-0.2, 0) is 0 Å². The van der Waals surface area contributed by atoms with Crippen LogP contribution in [0.1, 0.15) is 37.7 Å². The summed E-state index contributed by atoms with van der Waals surface area (Å²) in [6, 6.07) is 7.31. The first kappa shape index (κ1) is 19.0. The summed E-state index contributed by atoms with van der Waals surface area (Å²) in [5.74, 6) is 0. The molecule has 4 nitrogen and oxygen atoms in total. The highest BCUT2D eigenvalue weighted by atomic mass is 35.5. The molecule has 2 aromatic rings. The van der Waals surface area contributed by atoms with Crippen LogP contribution in [0.5, 0.6) is 0 Å². The van der Waals surface area contributed by atoms with Gasteiger partial charge >= 0.3 is 0 Å². The minimum Gasteiger partial charge on any atom is -0.396 e. The van der Waals surface area contributed by atoms with Crippen LogP contribution in [0.2, 0.25) is 0 Å². The van der Waals surface area contributed by atoms with Crippen LogP contribution in [-0.4, -0.2) is 35.3 Å². The number of fused-ring (bicyclic) bond motifs is 1. The molecule has 132 valence electrons. The monoisotopic (exact) mass is 349 g/mol. The van der Waals surface area contributed by atoms with E-state index in [9.17, 15) is 5.11 Å². The molecule has 0 aliphatic heterocycles. The lowest BCUT2D eigenvalue weighted by Crippen LogP contribution is -2.42. The molecule has 5 heteroatoms. The van der Waals surface area contributed by atoms with Crippen molar-refractivity contribution in [3.63, 3.8) is 0 Å². The number of aliphatic hydroxyl groups is 1. The Labute approximate surface area is 150 Å². The molecule has 0 saturated heterocycles. The zero-order chi connectivity index (χ0) is 16.2. The highest BCUT2D eigenvalue weighted by molar-refractivity contribution is 5.96. The standard InChI is InChI=1S/C19H27N3O.ClH/c1-14-12-21-13-15-4-2-5-18(19(14)15)22(10-3-11-23)17-8-6-16(20)7-9-17;/h2,4-5,12-13,16-17,23H,3,6-11,20H2,1H3;1H/t16-,17-;. The Hall–Kier alpha value is -1.36. The molecule has 1 aliphatic rings. The fourth-order valence-corrected chi connectivity index (χ4v) is 3.78. The molecule has 0 radical (unpaired) electrons. The van der Waals surface area contributed by atoms with Crippen molar-refractivity contribution in [2.24, 2.45) is 5.73 Å². The van der Waals surface area contributed by atoms with E-state index < -0.39 is 0 Å². The molecule has 3 N–H and O–H groups in total. The van der Waals surface area contributed by atoms with E-state index in [4.69, 9.17) is 5.73 Å². The van der Waals surface area contributed by atoms with E-state index >= 15 is 0 Å². The van der Waals surface area contributed by atoms with Crippen molar-refractivity contribution in [2.45, 2.75) is 51.1 Å². The Balaban J connectivity index is 0.00000208. The number of benzene rings is 1. The molecule has 1 fully saturated rings. The van der Waals surface area contributed by atoms with Gasteiger partial charge in [0.2, 0.25) is 0 Å². The molecule has 1 aliphatic carbocycles. The number of anilines is 1. The van der Waals surface area contributed by atoms with Gasteiger partial charge in [0.1, 0.15) is 0 Å². The van der Waals surface area contributed by atoms with Crippen molar-refractivity contribution in [2.75, 3.05) is 18.1 Å². The van der Waals surface area contributed by atoms with Gasteiger partial charge in [0.05, 0.1) is 0 Å². The van der Waals surface area contributed by atoms with Crippen molar-refractivity contribution < 1.29 is 5.11 Å². The lowest BCUT2D eigenvalue weighted by atomic mass is 9.90. The summed E-state index contributed by atoms with van der Waals surface area (Å²) in [4.78, 5) is 6.82. The number of hydrogen-bond acceptors (Lipinski definition) is 4. The third kappa shape index (κ3) is 4.00. The Morgan fingerprint density at radius 1 is 1.21 bits per heavy atom. The number of aryl methyl sites for hydroxylation is 1. The summed E-state index contributed by atoms with van der Waals surface area (Å²) in [6.07, 6.45) is 9.11. The SMILES string of the molecule is Cc1cncc2cccc(N(CCCO)[C@H]3CC[C@H](N)CC3)c12.Cl. The van der Waals surface area contributed by atoms with Gasteiger partial charge in [-0.25, -0.2) is 0 Å². The molecule has 0 atom stereocenters. The van der Waals surface area contributed by atoms with Gasteiger partial charge in [-0.3, -0.25) is 4.98 Å². The van der Waals surface area contributed by atoms with Crippen molar-refractivity contribution in [1.29, 1.82) is 0 Å². The first-order chi connectivity index (χ1) is 11.2. The van der Waals surface area contributed by atoms with E-state index in [1.54, 1.807) is 0 Å². The fourth-order valence-electron chi connectivity index (χ4n) is 3.78. The summed E-state index contributed by atoms with van der Waals surface area (Å²) in [7, 11) is 0. The molecular weight excluding hydrogens is 322 g/mol. The van der Waals surface area contributed by atoms with Crippen LogP contribution in [0.3, 0.4) is 0 Å². The molecule has 0 amide bonds. The minimum absolute atomic E-state index is 0. The maximum atomic E-state index is 9.31. The fraction of sp³-hybridized carbons (Fsp3) is 0.526. The number of pyridine rings is 1. The van der Waals surface area contributed by atoms with Crippen LogP contribution in [0.25, 0.3) is 10.8 Å². The van der Waals surface area contributed by atoms with Crippen LogP contribution < -0.4 is 10.6 Å². The average Bonchev–Trinajstić information content (AvgIpc) is 2.57. The van der Waals surface area contributed by atoms with Gasteiger partial charge < -0.3 is 15.7 Å². The number of nitrogens with zero attached hydrogens (tertiary/aromatic N) is 2. The third-order valence-corrected chi connectivity index (χ3v) is 5.00. The van der Waals surface area contributed by atoms with E-state index in [-0.39, 0.29) is 19.0 Å². The predicted molar refractivity (Wildman–Crippen MR) is 103 cm³/mol. The second kappa shape index (κ2) is 8.65. The van der Waals surface area contributed by atoms with Gasteiger partial charge in [0.15, 0.2) is 0 Å². The van der Waals surface area contributed by atoms with Crippen molar-refractivity contribution in [3.8, 4) is 0 Å². The van der Waals surface area contributed by atoms with Gasteiger partial charge in [0, 0.05) is 54.1 Å². The smallest absolute Gasteiger partial charge is 0.0452 e. The van der Waals surface area contributed by atoms with E-state index in [0.717, 1.165) is 38.6 Å². The normalized spacial score (nSPS) is 20.6. The van der Waals surface area contributed by atoms with Crippen LogP contribution in [0.4, 0.5) is 5.69 Å². The van der Waals surface area contributed by atoms with E-state index in [1.165, 1.54) is 22.0 Å². The largest absolute Gasteiger partial charge is 0.396 e. The summed E-state index contributed by atoms with van der Waals surface area (Å²) < 4.78 is 0. The molecule has 24 heavy (non-hydrogen) atoms. The molecule has 1 aromatic heterocycles. The van der Waals surface area contributed by atoms with Crippen LogP contribution in [0, 0.1) is 6.92 Å². The van der Waals surface area contributed by atoms with Gasteiger partial charge in [-0.1, -0.05) is 12.1 Å². The van der Waals surface area contributed by atoms with Crippen molar-refractivity contribution >= 4 is 28.9 Å². The maximum Gasteiger partial charge on any atom is 0.0452 e. The molecule has 0 bridgehead atoms. The van der Waals surface area contributed by atoms with Gasteiger partial charge in [-0.15, -0.1) is 12.4 Å². The molecule has 1 saturated carbocycles. The van der Waals surface area contributed by atoms with E-state index in [2.05, 4.69) is 35.0 Å². The zero-order valence-corrected chi connectivity index (χ0v) is 15.1. The Bertz CT molecular complexity index is 651. The first-order valence-electron chi connectivity index (χ1n) is 8.67. The topological polar surface area (TPSA) is 62.4 Å². The second-order valence-electron chi connectivity index (χ2n) is 6.67. The lowest BCUT2D eigenvalue weighted by Gasteiger charge is -2.38. The van der Waals surface area contributed by atoms with Crippen LogP contribution in [0.15, 0.2) is 30.6 Å². The van der Waals surface area contributed by atoms with Gasteiger partial charge in [0.25, 0.3) is 0 Å². The zero-order valence-electron chi connectivity index (χ0n) is 14.3. The summed E-state index contributed by atoms with van der Waals surface area (Å²) in [5, 5.41) is 11.8. The quantitative estimate of drug-likeness (QED) is 0.868. The summed E-state index contributed by atoms with van der Waals surface area (Å²) >= 11 is 0. The van der Waals surface area contributed by atoms with Gasteiger partial charge in [-0.2, -0.15) is 0 Å². The van der Waals surface area contributed by atoms with E-state index in [0.29, 0.717) is 12.1 Å². The van der Waals surface area contributed by atoms with Crippen LogP contribution >= 0.6 is 12.4 Å². The third-order valence-electron chi connectivity index (χ3n) is 5.00. The minimum atomic E-state index is 0. The summed E-state index contributed by atoms with van der Waals surface area (Å²) in [6.45, 7) is 3.24. The second-order valence-corrected chi connectivity index (χ2v) is 6.67. The number of hydrogen-bond donors (Lipinski definition) is 2. The molecule has 0 spiro atoms. The number of nitrogens with two attached hydrogens (primary N) is 1. The molecule has 0 unspecified atom stereocenters. The Morgan fingerprint density at radius 2 is 1.96 bits per heavy atom. The Kier molecular flexibility index (Phi) is 6.84. The maximum absolute atomic E-state index is 9.31. The molecule has 3 rings (SSSR count). The lowest BCUT2D eigenvalue weighted by molar-refractivity contribution is 0.284. The highest BCUT2D eigenvalue weighted by Gasteiger charge is 2.25. The highest BCUT2D eigenvalue weighted by Crippen LogP contribution is 2.33. The molecular formula is C19H28ClN3O.